The third kappa shape index (κ3) is 4.97. The van der Waals surface area contributed by atoms with E-state index in [1.807, 2.05) is 0 Å². The lowest BCUT2D eigenvalue weighted by molar-refractivity contribution is 0.0993. The first-order valence-electron chi connectivity index (χ1n) is 11.2. The fourth-order valence-electron chi connectivity index (χ4n) is 4.97. The van der Waals surface area contributed by atoms with Gasteiger partial charge in [0.1, 0.15) is 0 Å². The summed E-state index contributed by atoms with van der Waals surface area (Å²) in [7, 11) is 0. The highest BCUT2D eigenvalue weighted by molar-refractivity contribution is 5.85. The maximum atomic E-state index is 4.55. The lowest BCUT2D eigenvalue weighted by atomic mass is 10.0. The van der Waals surface area contributed by atoms with Crippen molar-refractivity contribution in [2.45, 2.75) is 44.3 Å². The normalized spacial score (nSPS) is 19.2. The number of tetrazole rings is 1. The van der Waals surface area contributed by atoms with Crippen LogP contribution in [0.5, 0.6) is 0 Å². The maximum Gasteiger partial charge on any atom is 0.173 e. The number of hydrogen-bond donors (Lipinski definition) is 0. The van der Waals surface area contributed by atoms with Crippen molar-refractivity contribution in [3.63, 3.8) is 0 Å². The molecule has 6 nitrogen and oxygen atoms in total. The first kappa shape index (κ1) is 21.9. The van der Waals surface area contributed by atoms with Gasteiger partial charge in [0.15, 0.2) is 5.82 Å². The highest BCUT2D eigenvalue weighted by atomic mass is 35.5. The van der Waals surface area contributed by atoms with Gasteiger partial charge in [0, 0.05) is 32.7 Å². The van der Waals surface area contributed by atoms with Crippen LogP contribution in [-0.4, -0.2) is 56.2 Å². The Hall–Kier alpha value is -2.28. The third-order valence-corrected chi connectivity index (χ3v) is 6.57. The molecule has 1 aliphatic heterocycles. The van der Waals surface area contributed by atoms with Gasteiger partial charge >= 0.3 is 0 Å². The molecule has 31 heavy (non-hydrogen) atoms. The molecule has 5 rings (SSSR count). The van der Waals surface area contributed by atoms with Crippen LogP contribution in [-0.2, 0) is 6.54 Å². The van der Waals surface area contributed by atoms with Gasteiger partial charge in [0.2, 0.25) is 0 Å². The molecule has 2 aliphatic rings. The minimum atomic E-state index is 0. The fourth-order valence-corrected chi connectivity index (χ4v) is 4.97. The van der Waals surface area contributed by atoms with Gasteiger partial charge in [-0.2, -0.15) is 0 Å². The van der Waals surface area contributed by atoms with E-state index in [0.717, 1.165) is 38.5 Å². The second-order valence-corrected chi connectivity index (χ2v) is 8.53. The molecule has 0 radical (unpaired) electrons. The van der Waals surface area contributed by atoms with Crippen LogP contribution in [0.1, 0.15) is 54.7 Å². The summed E-state index contributed by atoms with van der Waals surface area (Å²) in [4.78, 5) is 5.11. The summed E-state index contributed by atoms with van der Waals surface area (Å²) in [6.45, 7) is 5.17. The second kappa shape index (κ2) is 10.4. The van der Waals surface area contributed by atoms with Gasteiger partial charge in [0.25, 0.3) is 0 Å². The Morgan fingerprint density at radius 3 is 2.16 bits per heavy atom. The minimum absolute atomic E-state index is 0. The van der Waals surface area contributed by atoms with E-state index < -0.39 is 0 Å². The predicted octanol–water partition coefficient (Wildman–Crippen LogP) is 4.12. The molecule has 164 valence electrons. The average molecular weight is 439 g/mol. The molecule has 2 fully saturated rings. The molecule has 1 unspecified atom stereocenters. The Morgan fingerprint density at radius 1 is 0.839 bits per heavy atom. The number of hydrogen-bond acceptors (Lipinski definition) is 5. The molecular weight excluding hydrogens is 408 g/mol. The Morgan fingerprint density at radius 2 is 1.48 bits per heavy atom. The van der Waals surface area contributed by atoms with Crippen LogP contribution in [0, 0.1) is 0 Å². The van der Waals surface area contributed by atoms with Crippen molar-refractivity contribution in [3.8, 4) is 0 Å². The number of rotatable bonds is 6. The van der Waals surface area contributed by atoms with Crippen LogP contribution in [0.25, 0.3) is 0 Å². The van der Waals surface area contributed by atoms with Crippen molar-refractivity contribution in [1.29, 1.82) is 0 Å². The van der Waals surface area contributed by atoms with Crippen molar-refractivity contribution in [2.24, 2.45) is 0 Å². The zero-order valence-corrected chi connectivity index (χ0v) is 18.7. The molecule has 7 heteroatoms. The Kier molecular flexibility index (Phi) is 7.33. The van der Waals surface area contributed by atoms with Gasteiger partial charge in [-0.3, -0.25) is 9.80 Å². The number of benzene rings is 2. The third-order valence-electron chi connectivity index (χ3n) is 6.57. The van der Waals surface area contributed by atoms with Crippen LogP contribution in [0.3, 0.4) is 0 Å². The highest BCUT2D eigenvalue weighted by Gasteiger charge is 2.32. The van der Waals surface area contributed by atoms with E-state index in [1.165, 1.54) is 36.8 Å². The van der Waals surface area contributed by atoms with Crippen molar-refractivity contribution in [3.05, 3.63) is 77.6 Å². The lowest BCUT2D eigenvalue weighted by Gasteiger charge is -2.39. The van der Waals surface area contributed by atoms with E-state index in [1.54, 1.807) is 0 Å². The molecule has 0 amide bonds. The van der Waals surface area contributed by atoms with Crippen LogP contribution in [0.2, 0.25) is 0 Å². The second-order valence-electron chi connectivity index (χ2n) is 8.53. The SMILES string of the molecule is Cl.c1ccc(CN2CCN(C(c3ccccc3)c3nnnn3C3CCCC3)CC2)cc1. The topological polar surface area (TPSA) is 50.1 Å². The summed E-state index contributed by atoms with van der Waals surface area (Å²) in [6, 6.07) is 22.1. The number of halogens is 1. The van der Waals surface area contributed by atoms with Crippen LogP contribution >= 0.6 is 12.4 Å². The van der Waals surface area contributed by atoms with Crippen LogP contribution < -0.4 is 0 Å². The van der Waals surface area contributed by atoms with Crippen molar-refractivity contribution in [2.75, 3.05) is 26.2 Å². The highest BCUT2D eigenvalue weighted by Crippen LogP contribution is 2.34. The molecule has 1 aliphatic carbocycles. The van der Waals surface area contributed by atoms with E-state index in [9.17, 15) is 0 Å². The van der Waals surface area contributed by atoms with Crippen LogP contribution in [0.4, 0.5) is 0 Å². The Labute approximate surface area is 190 Å². The van der Waals surface area contributed by atoms with E-state index >= 15 is 0 Å². The molecule has 2 aromatic carbocycles. The van der Waals surface area contributed by atoms with Gasteiger partial charge in [-0.1, -0.05) is 73.5 Å². The molecule has 2 heterocycles. The smallest absolute Gasteiger partial charge is 0.173 e. The van der Waals surface area contributed by atoms with Gasteiger partial charge in [-0.05, 0) is 34.4 Å². The molecule has 3 aromatic rings. The molecule has 0 bridgehead atoms. The molecule has 1 saturated carbocycles. The predicted molar refractivity (Wildman–Crippen MR) is 124 cm³/mol. The average Bonchev–Trinajstić information content (AvgIpc) is 3.49. The zero-order chi connectivity index (χ0) is 20.2. The maximum absolute atomic E-state index is 4.55. The van der Waals surface area contributed by atoms with Gasteiger partial charge in [-0.25, -0.2) is 4.68 Å². The first-order valence-corrected chi connectivity index (χ1v) is 11.2. The molecule has 1 atom stereocenters. The zero-order valence-electron chi connectivity index (χ0n) is 17.9. The summed E-state index contributed by atoms with van der Waals surface area (Å²) in [5.41, 5.74) is 2.67. The van der Waals surface area contributed by atoms with Crippen molar-refractivity contribution >= 4 is 12.4 Å². The van der Waals surface area contributed by atoms with E-state index in [4.69, 9.17) is 0 Å². The Balaban J connectivity index is 0.00000231. The summed E-state index contributed by atoms with van der Waals surface area (Å²) >= 11 is 0. The largest absolute Gasteiger partial charge is 0.297 e. The monoisotopic (exact) mass is 438 g/mol. The summed E-state index contributed by atoms with van der Waals surface area (Å²) in [5, 5.41) is 13.1. The van der Waals surface area contributed by atoms with Crippen molar-refractivity contribution in [1.82, 2.24) is 30.0 Å². The quantitative estimate of drug-likeness (QED) is 0.579. The van der Waals surface area contributed by atoms with E-state index in [-0.39, 0.29) is 18.4 Å². The molecule has 0 N–H and O–H groups in total. The minimum Gasteiger partial charge on any atom is -0.297 e. The standard InChI is InChI=1S/C24H30N6.ClH/c1-3-9-20(10-4-1)19-28-15-17-29(18-16-28)23(21-11-5-2-6-12-21)24-25-26-27-30(24)22-13-7-8-14-22;/h1-6,9-12,22-23H,7-8,13-19H2;1H. The summed E-state index contributed by atoms with van der Waals surface area (Å²) in [5.74, 6) is 1.00. The first-order chi connectivity index (χ1) is 14.9. The molecular formula is C24H31ClN6. The number of aromatic nitrogens is 4. The van der Waals surface area contributed by atoms with Crippen LogP contribution in [0.15, 0.2) is 60.7 Å². The van der Waals surface area contributed by atoms with Gasteiger partial charge < -0.3 is 0 Å². The van der Waals surface area contributed by atoms with Gasteiger partial charge in [-0.15, -0.1) is 17.5 Å². The molecule has 1 aromatic heterocycles. The number of piperazine rings is 1. The summed E-state index contributed by atoms with van der Waals surface area (Å²) in [6.07, 6.45) is 4.92. The lowest BCUT2D eigenvalue weighted by Crippen LogP contribution is -2.48. The fraction of sp³-hybridized carbons (Fsp3) is 0.458. The summed E-state index contributed by atoms with van der Waals surface area (Å²) < 4.78 is 2.13. The van der Waals surface area contributed by atoms with E-state index in [2.05, 4.69) is 90.7 Å². The van der Waals surface area contributed by atoms with Gasteiger partial charge in [0.05, 0.1) is 12.1 Å². The van der Waals surface area contributed by atoms with E-state index in [0.29, 0.717) is 6.04 Å². The Bertz CT molecular complexity index is 918. The molecule has 1 saturated heterocycles. The van der Waals surface area contributed by atoms with Crippen molar-refractivity contribution < 1.29 is 0 Å². The number of nitrogens with zero attached hydrogens (tertiary/aromatic N) is 6. The molecule has 0 spiro atoms.